The zero-order chi connectivity index (χ0) is 23.3. The monoisotopic (exact) mass is 441 g/mol. The number of aromatic amines is 1. The first kappa shape index (κ1) is 23.5. The van der Waals surface area contributed by atoms with Crippen molar-refractivity contribution in [2.75, 3.05) is 32.8 Å². The summed E-state index contributed by atoms with van der Waals surface area (Å²) in [5.41, 5.74) is 2.72. The highest BCUT2D eigenvalue weighted by Gasteiger charge is 2.30. The van der Waals surface area contributed by atoms with Gasteiger partial charge in [0.15, 0.2) is 6.10 Å². The lowest BCUT2D eigenvalue weighted by molar-refractivity contribution is -0.141. The Hall–Kier alpha value is -3.13. The van der Waals surface area contributed by atoms with Crippen molar-refractivity contribution in [3.05, 3.63) is 58.4 Å². The van der Waals surface area contributed by atoms with E-state index in [1.54, 1.807) is 32.6 Å². The lowest BCUT2D eigenvalue weighted by Gasteiger charge is -2.35. The molecule has 3 rings (SSSR count). The minimum atomic E-state index is -0.919. The summed E-state index contributed by atoms with van der Waals surface area (Å²) >= 11 is 0. The van der Waals surface area contributed by atoms with Crippen LogP contribution in [0.25, 0.3) is 0 Å². The number of aryl methyl sites for hydroxylation is 1. The first-order chi connectivity index (χ1) is 15.3. The zero-order valence-electron chi connectivity index (χ0n) is 19.1. The maximum atomic E-state index is 12.8. The maximum Gasteiger partial charge on any atom is 0.355 e. The molecule has 1 aromatic heterocycles. The van der Waals surface area contributed by atoms with Gasteiger partial charge in [0, 0.05) is 38.4 Å². The van der Waals surface area contributed by atoms with E-state index in [0.29, 0.717) is 29.9 Å². The maximum absolute atomic E-state index is 12.8. The first-order valence-corrected chi connectivity index (χ1v) is 10.9. The van der Waals surface area contributed by atoms with Crippen LogP contribution in [-0.2, 0) is 20.8 Å². The molecule has 8 heteroatoms. The normalized spacial score (nSPS) is 15.3. The summed E-state index contributed by atoms with van der Waals surface area (Å²) in [6.07, 6.45) is -0.919. The number of amides is 1. The van der Waals surface area contributed by atoms with Crippen molar-refractivity contribution in [2.24, 2.45) is 0 Å². The number of nitrogens with one attached hydrogen (secondary N) is 1. The van der Waals surface area contributed by atoms with Gasteiger partial charge in [-0.15, -0.1) is 0 Å². The van der Waals surface area contributed by atoms with E-state index < -0.39 is 18.0 Å². The molecule has 0 saturated carbocycles. The molecule has 172 valence electrons. The number of carbonyl (C=O) groups excluding carboxylic acids is 3. The molecule has 1 saturated heterocycles. The Labute approximate surface area is 188 Å². The second-order valence-electron chi connectivity index (χ2n) is 7.98. The van der Waals surface area contributed by atoms with Gasteiger partial charge in [-0.1, -0.05) is 30.3 Å². The SMILES string of the molecule is CCOC(=O)c1c(C)[nH]c(C(=O)OC(C)C(=O)N2CCN(Cc3ccccc3)CC2)c1C. The second kappa shape index (κ2) is 10.5. The summed E-state index contributed by atoms with van der Waals surface area (Å²) in [6.45, 7) is 10.4. The van der Waals surface area contributed by atoms with Crippen LogP contribution in [0.15, 0.2) is 30.3 Å². The van der Waals surface area contributed by atoms with Crippen molar-refractivity contribution in [1.29, 1.82) is 0 Å². The Morgan fingerprint density at radius 2 is 1.69 bits per heavy atom. The second-order valence-corrected chi connectivity index (χ2v) is 7.98. The molecule has 2 aromatic rings. The molecule has 1 atom stereocenters. The van der Waals surface area contributed by atoms with E-state index in [2.05, 4.69) is 22.0 Å². The van der Waals surface area contributed by atoms with Gasteiger partial charge in [0.1, 0.15) is 5.69 Å². The Bertz CT molecular complexity index is 962. The summed E-state index contributed by atoms with van der Waals surface area (Å²) in [7, 11) is 0. The Balaban J connectivity index is 1.55. The molecule has 0 radical (unpaired) electrons. The van der Waals surface area contributed by atoms with E-state index in [0.717, 1.165) is 19.6 Å². The number of carbonyl (C=O) groups is 3. The summed E-state index contributed by atoms with van der Waals surface area (Å²) in [5.74, 6) is -1.37. The van der Waals surface area contributed by atoms with Crippen LogP contribution in [0, 0.1) is 13.8 Å². The lowest BCUT2D eigenvalue weighted by Crippen LogP contribution is -2.51. The highest BCUT2D eigenvalue weighted by molar-refractivity contribution is 5.99. The zero-order valence-corrected chi connectivity index (χ0v) is 19.1. The van der Waals surface area contributed by atoms with Gasteiger partial charge in [0.25, 0.3) is 5.91 Å². The van der Waals surface area contributed by atoms with Gasteiger partial charge >= 0.3 is 11.9 Å². The number of nitrogens with zero attached hydrogens (tertiary/aromatic N) is 2. The van der Waals surface area contributed by atoms with Crippen LogP contribution in [0.3, 0.4) is 0 Å². The van der Waals surface area contributed by atoms with Gasteiger partial charge in [-0.05, 0) is 38.8 Å². The molecular weight excluding hydrogens is 410 g/mol. The number of H-pyrrole nitrogens is 1. The van der Waals surface area contributed by atoms with Gasteiger partial charge in [0.05, 0.1) is 12.2 Å². The van der Waals surface area contributed by atoms with Gasteiger partial charge in [-0.2, -0.15) is 0 Å². The standard InChI is InChI=1S/C24H31N3O5/c1-5-31-23(29)20-16(2)21(25-17(20)3)24(30)32-18(4)22(28)27-13-11-26(12-14-27)15-19-9-7-6-8-10-19/h6-10,18,25H,5,11-15H2,1-4H3. The molecule has 1 amide bonds. The van der Waals surface area contributed by atoms with Crippen LogP contribution in [0.5, 0.6) is 0 Å². The third-order valence-corrected chi connectivity index (χ3v) is 5.69. The largest absolute Gasteiger partial charge is 0.462 e. The number of benzene rings is 1. The highest BCUT2D eigenvalue weighted by atomic mass is 16.5. The molecule has 0 aliphatic carbocycles. The third-order valence-electron chi connectivity index (χ3n) is 5.69. The Morgan fingerprint density at radius 1 is 1.03 bits per heavy atom. The summed E-state index contributed by atoms with van der Waals surface area (Å²) in [6, 6.07) is 10.2. The van der Waals surface area contributed by atoms with Crippen LogP contribution in [-0.4, -0.2) is 71.5 Å². The van der Waals surface area contributed by atoms with E-state index in [1.807, 2.05) is 18.2 Å². The smallest absolute Gasteiger partial charge is 0.355 e. The molecule has 2 heterocycles. The van der Waals surface area contributed by atoms with Crippen molar-refractivity contribution >= 4 is 17.8 Å². The van der Waals surface area contributed by atoms with Gasteiger partial charge in [0.2, 0.25) is 0 Å². The summed E-state index contributed by atoms with van der Waals surface area (Å²) in [5, 5.41) is 0. The molecule has 1 aromatic carbocycles. The quantitative estimate of drug-likeness (QED) is 0.665. The van der Waals surface area contributed by atoms with Crippen molar-refractivity contribution in [2.45, 2.75) is 40.3 Å². The van der Waals surface area contributed by atoms with Gasteiger partial charge in [-0.25, -0.2) is 9.59 Å². The first-order valence-electron chi connectivity index (χ1n) is 10.9. The van der Waals surface area contributed by atoms with Crippen LogP contribution in [0.2, 0.25) is 0 Å². The molecule has 1 aliphatic heterocycles. The molecule has 1 aliphatic rings. The van der Waals surface area contributed by atoms with Crippen molar-refractivity contribution < 1.29 is 23.9 Å². The molecule has 1 N–H and O–H groups in total. The number of rotatable bonds is 7. The molecule has 0 bridgehead atoms. The molecule has 1 unspecified atom stereocenters. The van der Waals surface area contributed by atoms with Crippen LogP contribution < -0.4 is 0 Å². The Kier molecular flexibility index (Phi) is 7.69. The predicted octanol–water partition coefficient (Wildman–Crippen LogP) is 2.70. The number of hydrogen-bond acceptors (Lipinski definition) is 6. The number of ether oxygens (including phenoxy) is 2. The number of esters is 2. The van der Waals surface area contributed by atoms with E-state index in [9.17, 15) is 14.4 Å². The fourth-order valence-corrected chi connectivity index (χ4v) is 3.96. The topological polar surface area (TPSA) is 91.9 Å². The fraction of sp³-hybridized carbons (Fsp3) is 0.458. The van der Waals surface area contributed by atoms with E-state index in [-0.39, 0.29) is 18.2 Å². The van der Waals surface area contributed by atoms with Crippen molar-refractivity contribution in [1.82, 2.24) is 14.8 Å². The van der Waals surface area contributed by atoms with Crippen LogP contribution >= 0.6 is 0 Å². The third kappa shape index (κ3) is 5.37. The average molecular weight is 442 g/mol. The summed E-state index contributed by atoms with van der Waals surface area (Å²) < 4.78 is 10.5. The minimum absolute atomic E-state index is 0.165. The molecule has 32 heavy (non-hydrogen) atoms. The number of piperazine rings is 1. The minimum Gasteiger partial charge on any atom is -0.462 e. The summed E-state index contributed by atoms with van der Waals surface area (Å²) in [4.78, 5) is 44.6. The average Bonchev–Trinajstić information content (AvgIpc) is 3.08. The molecular formula is C24H31N3O5. The van der Waals surface area contributed by atoms with E-state index >= 15 is 0 Å². The highest BCUT2D eigenvalue weighted by Crippen LogP contribution is 2.20. The molecule has 8 nitrogen and oxygen atoms in total. The van der Waals surface area contributed by atoms with Gasteiger partial charge in [-0.3, -0.25) is 9.69 Å². The molecule has 0 spiro atoms. The predicted molar refractivity (Wildman–Crippen MR) is 119 cm³/mol. The lowest BCUT2D eigenvalue weighted by atomic mass is 10.1. The van der Waals surface area contributed by atoms with Crippen LogP contribution in [0.4, 0.5) is 0 Å². The number of hydrogen-bond donors (Lipinski definition) is 1. The van der Waals surface area contributed by atoms with Crippen molar-refractivity contribution in [3.8, 4) is 0 Å². The molecule has 1 fully saturated rings. The van der Waals surface area contributed by atoms with Crippen LogP contribution in [0.1, 0.15) is 51.5 Å². The number of aromatic nitrogens is 1. The van der Waals surface area contributed by atoms with Gasteiger partial charge < -0.3 is 19.4 Å². The van der Waals surface area contributed by atoms with Crippen molar-refractivity contribution in [3.63, 3.8) is 0 Å². The van der Waals surface area contributed by atoms with E-state index in [4.69, 9.17) is 9.47 Å². The van der Waals surface area contributed by atoms with E-state index in [1.165, 1.54) is 5.56 Å². The fourth-order valence-electron chi connectivity index (χ4n) is 3.96. The Morgan fingerprint density at radius 3 is 2.31 bits per heavy atom.